The summed E-state index contributed by atoms with van der Waals surface area (Å²) in [6.45, 7) is 0. The van der Waals surface area contributed by atoms with Crippen LogP contribution in [0.4, 0.5) is 5.88 Å². The van der Waals surface area contributed by atoms with Gasteiger partial charge in [0.05, 0.1) is 25.0 Å². The van der Waals surface area contributed by atoms with Crippen LogP contribution in [0.3, 0.4) is 0 Å². The summed E-state index contributed by atoms with van der Waals surface area (Å²) in [6, 6.07) is 5.72. The minimum atomic E-state index is 0.301. The van der Waals surface area contributed by atoms with Gasteiger partial charge in [-0.05, 0) is 37.0 Å². The van der Waals surface area contributed by atoms with E-state index >= 15 is 0 Å². The first-order valence-corrected chi connectivity index (χ1v) is 6.33. The maximum Gasteiger partial charge on any atom is 0.229 e. The van der Waals surface area contributed by atoms with Crippen molar-refractivity contribution in [2.24, 2.45) is 0 Å². The molecule has 0 spiro atoms. The Morgan fingerprint density at radius 1 is 1.32 bits per heavy atom. The van der Waals surface area contributed by atoms with Crippen molar-refractivity contribution >= 4 is 5.88 Å². The molecule has 1 aromatic carbocycles. The zero-order valence-corrected chi connectivity index (χ0v) is 10.8. The van der Waals surface area contributed by atoms with Crippen molar-refractivity contribution in [2.45, 2.75) is 25.4 Å². The molecular formula is C14H16N2O3. The van der Waals surface area contributed by atoms with Gasteiger partial charge < -0.3 is 19.7 Å². The summed E-state index contributed by atoms with van der Waals surface area (Å²) in [4.78, 5) is 0. The van der Waals surface area contributed by atoms with Crippen LogP contribution in [0.15, 0.2) is 28.9 Å². The van der Waals surface area contributed by atoms with Crippen molar-refractivity contribution in [1.29, 1.82) is 0 Å². The Morgan fingerprint density at radius 3 is 2.74 bits per heavy atom. The van der Waals surface area contributed by atoms with E-state index in [2.05, 4.69) is 5.16 Å². The second kappa shape index (κ2) is 4.84. The average Bonchev–Trinajstić information content (AvgIpc) is 2.80. The quantitative estimate of drug-likeness (QED) is 0.915. The van der Waals surface area contributed by atoms with E-state index in [9.17, 15) is 0 Å². The monoisotopic (exact) mass is 260 g/mol. The van der Waals surface area contributed by atoms with E-state index in [1.54, 1.807) is 13.3 Å². The molecule has 1 aliphatic rings. The highest BCUT2D eigenvalue weighted by Gasteiger charge is 2.21. The van der Waals surface area contributed by atoms with E-state index in [1.807, 2.05) is 18.2 Å². The summed E-state index contributed by atoms with van der Waals surface area (Å²) < 4.78 is 16.1. The highest BCUT2D eigenvalue weighted by Crippen LogP contribution is 2.36. The smallest absolute Gasteiger partial charge is 0.229 e. The van der Waals surface area contributed by atoms with Crippen LogP contribution in [0.5, 0.6) is 11.5 Å². The van der Waals surface area contributed by atoms with E-state index in [-0.39, 0.29) is 0 Å². The van der Waals surface area contributed by atoms with Crippen molar-refractivity contribution in [3.63, 3.8) is 0 Å². The van der Waals surface area contributed by atoms with Gasteiger partial charge in [-0.15, -0.1) is 0 Å². The van der Waals surface area contributed by atoms with E-state index < -0.39 is 0 Å². The summed E-state index contributed by atoms with van der Waals surface area (Å²) in [5.74, 6) is 1.77. The van der Waals surface area contributed by atoms with Crippen LogP contribution in [0, 0.1) is 0 Å². The maximum atomic E-state index is 5.88. The van der Waals surface area contributed by atoms with Crippen LogP contribution in [0.2, 0.25) is 0 Å². The van der Waals surface area contributed by atoms with Crippen molar-refractivity contribution in [3.05, 3.63) is 24.4 Å². The molecule has 5 nitrogen and oxygen atoms in total. The lowest BCUT2D eigenvalue weighted by molar-refractivity contribution is 0.116. The topological polar surface area (TPSA) is 70.5 Å². The van der Waals surface area contributed by atoms with Gasteiger partial charge in [-0.25, -0.2) is 0 Å². The van der Waals surface area contributed by atoms with E-state index in [0.29, 0.717) is 17.7 Å². The number of nitrogen functional groups attached to an aromatic ring is 1. The van der Waals surface area contributed by atoms with E-state index in [1.165, 1.54) is 6.42 Å². The predicted octanol–water partition coefficient (Wildman–Crippen LogP) is 2.86. The Bertz CT molecular complexity index is 576. The molecule has 0 amide bonds. The summed E-state index contributed by atoms with van der Waals surface area (Å²) >= 11 is 0. The lowest BCUT2D eigenvalue weighted by atomic mass is 9.96. The van der Waals surface area contributed by atoms with Gasteiger partial charge in [0.25, 0.3) is 0 Å². The first-order chi connectivity index (χ1) is 9.28. The summed E-state index contributed by atoms with van der Waals surface area (Å²) in [5.41, 5.74) is 7.37. The molecule has 2 N–H and O–H groups in total. The zero-order valence-electron chi connectivity index (χ0n) is 10.8. The second-order valence-electron chi connectivity index (χ2n) is 4.64. The third-order valence-electron chi connectivity index (χ3n) is 3.42. The molecule has 0 unspecified atom stereocenters. The Kier molecular flexibility index (Phi) is 3.03. The number of hydrogen-bond acceptors (Lipinski definition) is 5. The van der Waals surface area contributed by atoms with Gasteiger partial charge in [-0.3, -0.25) is 0 Å². The number of hydrogen-bond donors (Lipinski definition) is 1. The number of nitrogens with zero attached hydrogens (tertiary/aromatic N) is 1. The molecule has 1 aromatic heterocycles. The number of nitrogens with two attached hydrogens (primary N) is 1. The SMILES string of the molecule is COc1cc(-c2cnoc2N)ccc1OC1CCC1. The number of rotatable bonds is 4. The molecule has 2 aromatic rings. The van der Waals surface area contributed by atoms with Crippen LogP contribution < -0.4 is 15.2 Å². The first-order valence-electron chi connectivity index (χ1n) is 6.33. The molecule has 0 saturated heterocycles. The summed E-state index contributed by atoms with van der Waals surface area (Å²) in [5, 5.41) is 3.67. The number of anilines is 1. The lowest BCUT2D eigenvalue weighted by Crippen LogP contribution is -2.24. The van der Waals surface area contributed by atoms with Gasteiger partial charge >= 0.3 is 0 Å². The minimum absolute atomic E-state index is 0.301. The van der Waals surface area contributed by atoms with Crippen molar-refractivity contribution < 1.29 is 14.0 Å². The molecular weight excluding hydrogens is 244 g/mol. The van der Waals surface area contributed by atoms with Crippen molar-refractivity contribution in [2.75, 3.05) is 12.8 Å². The third-order valence-corrected chi connectivity index (χ3v) is 3.42. The number of ether oxygens (including phenoxy) is 2. The lowest BCUT2D eigenvalue weighted by Gasteiger charge is -2.27. The number of benzene rings is 1. The molecule has 0 bridgehead atoms. The van der Waals surface area contributed by atoms with E-state index in [4.69, 9.17) is 19.7 Å². The highest BCUT2D eigenvalue weighted by atomic mass is 16.5. The maximum absolute atomic E-state index is 5.88. The zero-order chi connectivity index (χ0) is 13.2. The molecule has 0 aliphatic heterocycles. The Hall–Kier alpha value is -2.17. The Morgan fingerprint density at radius 2 is 2.16 bits per heavy atom. The average molecular weight is 260 g/mol. The van der Waals surface area contributed by atoms with Gasteiger partial charge in [-0.2, -0.15) is 0 Å². The van der Waals surface area contributed by atoms with Gasteiger partial charge in [0.2, 0.25) is 5.88 Å². The van der Waals surface area contributed by atoms with Crippen LogP contribution >= 0.6 is 0 Å². The highest BCUT2D eigenvalue weighted by molar-refractivity contribution is 5.74. The normalized spacial score (nSPS) is 15.0. The Balaban J connectivity index is 1.90. The number of methoxy groups -OCH3 is 1. The summed E-state index contributed by atoms with van der Waals surface area (Å²) in [7, 11) is 1.63. The van der Waals surface area contributed by atoms with Crippen molar-refractivity contribution in [1.82, 2.24) is 5.16 Å². The fraction of sp³-hybridized carbons (Fsp3) is 0.357. The molecule has 1 aliphatic carbocycles. The Labute approximate surface area is 111 Å². The largest absolute Gasteiger partial charge is 0.493 e. The predicted molar refractivity (Wildman–Crippen MR) is 71.2 cm³/mol. The second-order valence-corrected chi connectivity index (χ2v) is 4.64. The fourth-order valence-electron chi connectivity index (χ4n) is 2.07. The summed E-state index contributed by atoms with van der Waals surface area (Å²) in [6.07, 6.45) is 5.38. The molecule has 5 heteroatoms. The molecule has 1 saturated carbocycles. The van der Waals surface area contributed by atoms with Gasteiger partial charge in [-0.1, -0.05) is 11.2 Å². The van der Waals surface area contributed by atoms with Gasteiger partial charge in [0.1, 0.15) is 0 Å². The molecule has 100 valence electrons. The van der Waals surface area contributed by atoms with Crippen LogP contribution in [-0.2, 0) is 0 Å². The van der Waals surface area contributed by atoms with Crippen molar-refractivity contribution in [3.8, 4) is 22.6 Å². The standard InChI is InChI=1S/C14H16N2O3/c1-17-13-7-9(11-8-16-19-14(11)15)5-6-12(13)18-10-3-2-4-10/h5-8,10H,2-4,15H2,1H3. The third kappa shape index (κ3) is 2.23. The van der Waals surface area contributed by atoms with Gasteiger partial charge in [0, 0.05) is 0 Å². The molecule has 1 fully saturated rings. The molecule has 1 heterocycles. The molecule has 0 atom stereocenters. The van der Waals surface area contributed by atoms with Gasteiger partial charge in [0.15, 0.2) is 11.5 Å². The fourth-order valence-corrected chi connectivity index (χ4v) is 2.07. The molecule has 19 heavy (non-hydrogen) atoms. The molecule has 3 rings (SSSR count). The molecule has 0 radical (unpaired) electrons. The van der Waals surface area contributed by atoms with E-state index in [0.717, 1.165) is 29.7 Å². The van der Waals surface area contributed by atoms with Crippen LogP contribution in [0.1, 0.15) is 19.3 Å². The number of aromatic nitrogens is 1. The van der Waals surface area contributed by atoms with Crippen LogP contribution in [-0.4, -0.2) is 18.4 Å². The first kappa shape index (κ1) is 11.9. The van der Waals surface area contributed by atoms with Crippen LogP contribution in [0.25, 0.3) is 11.1 Å². The minimum Gasteiger partial charge on any atom is -0.493 e.